The van der Waals surface area contributed by atoms with Crippen molar-refractivity contribution in [1.29, 1.82) is 0 Å². The Bertz CT molecular complexity index is 611. The molecule has 3 rings (SSSR count). The molecule has 0 unspecified atom stereocenters. The summed E-state index contributed by atoms with van der Waals surface area (Å²) < 4.78 is 0. The van der Waals surface area contributed by atoms with Crippen molar-refractivity contribution in [3.8, 4) is 0 Å². The second kappa shape index (κ2) is 6.89. The van der Waals surface area contributed by atoms with Gasteiger partial charge in [-0.3, -0.25) is 4.79 Å². The summed E-state index contributed by atoms with van der Waals surface area (Å²) in [7, 11) is 0. The van der Waals surface area contributed by atoms with Crippen LogP contribution < -0.4 is 10.2 Å². The van der Waals surface area contributed by atoms with E-state index in [4.69, 9.17) is 0 Å². The maximum Gasteiger partial charge on any atom is 0.227 e. The number of anilines is 2. The smallest absolute Gasteiger partial charge is 0.227 e. The predicted molar refractivity (Wildman–Crippen MR) is 85.7 cm³/mol. The molecule has 114 valence electrons. The standard InChI is InChI=1S/C16H19N5O/c22-13-20-8-10-21(11-9-20)16-17-7-6-15(19-16)18-12-14-4-2-1-3-5-14/h1-7,13H,8-12H2,(H,17,18,19). The second-order valence-corrected chi connectivity index (χ2v) is 5.21. The number of carbonyl (C=O) groups excluding carboxylic acids is 1. The highest BCUT2D eigenvalue weighted by molar-refractivity contribution is 5.49. The lowest BCUT2D eigenvalue weighted by Crippen LogP contribution is -2.46. The lowest BCUT2D eigenvalue weighted by molar-refractivity contribution is -0.118. The van der Waals surface area contributed by atoms with E-state index >= 15 is 0 Å². The van der Waals surface area contributed by atoms with Gasteiger partial charge in [-0.1, -0.05) is 30.3 Å². The SMILES string of the molecule is O=CN1CCN(c2nccc(NCc3ccccc3)n2)CC1. The quantitative estimate of drug-likeness (QED) is 0.845. The summed E-state index contributed by atoms with van der Waals surface area (Å²) in [4.78, 5) is 23.5. The zero-order chi connectivity index (χ0) is 15.2. The zero-order valence-corrected chi connectivity index (χ0v) is 12.4. The normalized spacial score (nSPS) is 14.7. The molecule has 1 N–H and O–H groups in total. The van der Waals surface area contributed by atoms with Crippen LogP contribution in [0, 0.1) is 0 Å². The average molecular weight is 297 g/mol. The number of amides is 1. The summed E-state index contributed by atoms with van der Waals surface area (Å²) >= 11 is 0. The molecule has 0 bridgehead atoms. The maximum absolute atomic E-state index is 10.7. The molecule has 6 heteroatoms. The molecule has 0 saturated carbocycles. The van der Waals surface area contributed by atoms with Crippen LogP contribution in [0.25, 0.3) is 0 Å². The summed E-state index contributed by atoms with van der Waals surface area (Å²) in [6, 6.07) is 12.1. The van der Waals surface area contributed by atoms with Crippen LogP contribution in [0.15, 0.2) is 42.6 Å². The summed E-state index contributed by atoms with van der Waals surface area (Å²) in [6.45, 7) is 3.70. The average Bonchev–Trinajstić information content (AvgIpc) is 2.61. The molecule has 0 radical (unpaired) electrons. The van der Waals surface area contributed by atoms with Gasteiger partial charge in [-0.05, 0) is 11.6 Å². The molecule has 2 heterocycles. The fourth-order valence-electron chi connectivity index (χ4n) is 2.42. The number of piperazine rings is 1. The van der Waals surface area contributed by atoms with Gasteiger partial charge in [0.05, 0.1) is 0 Å². The zero-order valence-electron chi connectivity index (χ0n) is 12.4. The van der Waals surface area contributed by atoms with Gasteiger partial charge in [0.2, 0.25) is 12.4 Å². The molecule has 1 aliphatic rings. The van der Waals surface area contributed by atoms with E-state index in [0.29, 0.717) is 19.0 Å². The Kier molecular flexibility index (Phi) is 4.48. The molecule has 2 aromatic rings. The summed E-state index contributed by atoms with van der Waals surface area (Å²) in [6.07, 6.45) is 2.66. The van der Waals surface area contributed by atoms with Crippen LogP contribution in [0.5, 0.6) is 0 Å². The van der Waals surface area contributed by atoms with Gasteiger partial charge in [-0.25, -0.2) is 4.98 Å². The molecule has 1 aromatic carbocycles. The Morgan fingerprint density at radius 3 is 2.59 bits per heavy atom. The fraction of sp³-hybridized carbons (Fsp3) is 0.312. The van der Waals surface area contributed by atoms with Crippen molar-refractivity contribution in [3.05, 3.63) is 48.2 Å². The molecule has 0 aliphatic carbocycles. The molecule has 0 spiro atoms. The van der Waals surface area contributed by atoms with Crippen molar-refractivity contribution >= 4 is 18.2 Å². The summed E-state index contributed by atoms with van der Waals surface area (Å²) in [5.41, 5.74) is 1.21. The lowest BCUT2D eigenvalue weighted by Gasteiger charge is -2.32. The van der Waals surface area contributed by atoms with Crippen LogP contribution in [0.3, 0.4) is 0 Å². The Morgan fingerprint density at radius 2 is 1.86 bits per heavy atom. The van der Waals surface area contributed by atoms with E-state index in [1.807, 2.05) is 24.3 Å². The number of nitrogens with zero attached hydrogens (tertiary/aromatic N) is 4. The monoisotopic (exact) mass is 297 g/mol. The van der Waals surface area contributed by atoms with Crippen molar-refractivity contribution in [3.63, 3.8) is 0 Å². The molecule has 0 atom stereocenters. The molecule has 22 heavy (non-hydrogen) atoms. The maximum atomic E-state index is 10.7. The van der Waals surface area contributed by atoms with Gasteiger partial charge >= 0.3 is 0 Å². The molecule has 6 nitrogen and oxygen atoms in total. The highest BCUT2D eigenvalue weighted by Gasteiger charge is 2.17. The fourth-order valence-corrected chi connectivity index (χ4v) is 2.42. The van der Waals surface area contributed by atoms with E-state index in [1.165, 1.54) is 5.56 Å². The third kappa shape index (κ3) is 3.52. The molecular formula is C16H19N5O. The largest absolute Gasteiger partial charge is 0.366 e. The van der Waals surface area contributed by atoms with Gasteiger partial charge in [0.15, 0.2) is 0 Å². The number of rotatable bonds is 5. The first kappa shape index (κ1) is 14.3. The van der Waals surface area contributed by atoms with Crippen molar-refractivity contribution in [1.82, 2.24) is 14.9 Å². The number of benzene rings is 1. The third-order valence-corrected chi connectivity index (χ3v) is 3.71. The molecule has 1 saturated heterocycles. The lowest BCUT2D eigenvalue weighted by atomic mass is 10.2. The van der Waals surface area contributed by atoms with Crippen LogP contribution in [0.1, 0.15) is 5.56 Å². The molecule has 1 fully saturated rings. The Morgan fingerprint density at radius 1 is 1.09 bits per heavy atom. The van der Waals surface area contributed by atoms with E-state index in [-0.39, 0.29) is 0 Å². The first-order valence-corrected chi connectivity index (χ1v) is 7.40. The second-order valence-electron chi connectivity index (χ2n) is 5.21. The number of carbonyl (C=O) groups is 1. The van der Waals surface area contributed by atoms with Crippen LogP contribution in [0.4, 0.5) is 11.8 Å². The highest BCUT2D eigenvalue weighted by atomic mass is 16.1. The molecular weight excluding hydrogens is 278 g/mol. The Labute approximate surface area is 129 Å². The number of aromatic nitrogens is 2. The topological polar surface area (TPSA) is 61.4 Å². The van der Waals surface area contributed by atoms with Crippen molar-refractivity contribution < 1.29 is 4.79 Å². The third-order valence-electron chi connectivity index (χ3n) is 3.71. The van der Waals surface area contributed by atoms with Crippen molar-refractivity contribution in [2.75, 3.05) is 36.4 Å². The van der Waals surface area contributed by atoms with Crippen molar-refractivity contribution in [2.24, 2.45) is 0 Å². The van der Waals surface area contributed by atoms with Gasteiger partial charge in [0.1, 0.15) is 5.82 Å². The van der Waals surface area contributed by atoms with Crippen LogP contribution in [-0.4, -0.2) is 47.5 Å². The summed E-state index contributed by atoms with van der Waals surface area (Å²) in [5.74, 6) is 1.52. The minimum atomic E-state index is 0.712. The minimum Gasteiger partial charge on any atom is -0.366 e. The van der Waals surface area contributed by atoms with Gasteiger partial charge in [-0.2, -0.15) is 4.98 Å². The molecule has 1 amide bonds. The van der Waals surface area contributed by atoms with Gasteiger partial charge < -0.3 is 15.1 Å². The van der Waals surface area contributed by atoms with Crippen LogP contribution >= 0.6 is 0 Å². The van der Waals surface area contributed by atoms with Gasteiger partial charge in [0.25, 0.3) is 0 Å². The number of nitrogens with one attached hydrogen (secondary N) is 1. The number of hydrogen-bond donors (Lipinski definition) is 1. The van der Waals surface area contributed by atoms with Gasteiger partial charge in [0, 0.05) is 38.9 Å². The Balaban J connectivity index is 1.61. The van der Waals surface area contributed by atoms with E-state index in [9.17, 15) is 4.79 Å². The van der Waals surface area contributed by atoms with E-state index < -0.39 is 0 Å². The molecule has 1 aliphatic heterocycles. The molecule has 1 aromatic heterocycles. The highest BCUT2D eigenvalue weighted by Crippen LogP contribution is 2.13. The first-order chi connectivity index (χ1) is 10.8. The van der Waals surface area contributed by atoms with Crippen LogP contribution in [-0.2, 0) is 11.3 Å². The first-order valence-electron chi connectivity index (χ1n) is 7.40. The minimum absolute atomic E-state index is 0.712. The van der Waals surface area contributed by atoms with E-state index in [1.54, 1.807) is 11.1 Å². The van der Waals surface area contributed by atoms with Gasteiger partial charge in [-0.15, -0.1) is 0 Å². The van der Waals surface area contributed by atoms with Crippen molar-refractivity contribution in [2.45, 2.75) is 6.54 Å². The van der Waals surface area contributed by atoms with E-state index in [0.717, 1.165) is 31.9 Å². The van der Waals surface area contributed by atoms with Crippen LogP contribution in [0.2, 0.25) is 0 Å². The van der Waals surface area contributed by atoms with E-state index in [2.05, 4.69) is 32.3 Å². The summed E-state index contributed by atoms with van der Waals surface area (Å²) in [5, 5.41) is 3.32. The Hall–Kier alpha value is -2.63. The number of hydrogen-bond acceptors (Lipinski definition) is 5. The predicted octanol–water partition coefficient (Wildman–Crippen LogP) is 1.37.